The third kappa shape index (κ3) is 3.05. The number of sulfonamides is 1. The predicted molar refractivity (Wildman–Crippen MR) is 135 cm³/mol. The van der Waals surface area contributed by atoms with Gasteiger partial charge in [-0.15, -0.1) is 5.10 Å². The van der Waals surface area contributed by atoms with Crippen molar-refractivity contribution < 1.29 is 17.2 Å². The SMILES string of the molecule is CC12C[C@@H]3c4cc(-c5c(F)cccc5F)nnc4[C@@]1(c1cccc(-c4cnc(NS(C)(=O)=O)nc4)n1)CC32. The number of pyridine rings is 1. The fraction of sp³-hybridized carbons (Fsp3) is 0.296. The van der Waals surface area contributed by atoms with Gasteiger partial charge in [-0.25, -0.2) is 27.2 Å². The minimum absolute atomic E-state index is 0.0144. The van der Waals surface area contributed by atoms with E-state index in [-0.39, 0.29) is 28.5 Å². The minimum Gasteiger partial charge on any atom is -0.252 e. The Balaban J connectivity index is 1.31. The molecular weight excluding hydrogens is 510 g/mol. The van der Waals surface area contributed by atoms with Crippen LogP contribution in [0.3, 0.4) is 0 Å². The number of fused-ring (bicyclic) bond motifs is 3. The van der Waals surface area contributed by atoms with Crippen molar-refractivity contribution in [2.24, 2.45) is 11.3 Å². The molecule has 192 valence electrons. The molecule has 38 heavy (non-hydrogen) atoms. The number of halogens is 2. The number of rotatable bonds is 5. The van der Waals surface area contributed by atoms with E-state index in [0.717, 1.165) is 36.0 Å². The predicted octanol–water partition coefficient (Wildman–Crippen LogP) is 4.46. The average molecular weight is 533 g/mol. The highest BCUT2D eigenvalue weighted by Crippen LogP contribution is 2.81. The summed E-state index contributed by atoms with van der Waals surface area (Å²) in [5.41, 5.74) is 3.50. The lowest BCUT2D eigenvalue weighted by atomic mass is 9.26. The standard InChI is InChI=1S/C27H22F2N6O2S/c1-26-10-16-15-9-21(23-18(28)5-3-6-19(23)29)33-34-24(15)27(26,11-17(16)26)22-8-4-7-20(32-22)14-12-30-25(31-13-14)35-38(2,36)37/h3-9,12-13,16-17H,10-11H2,1-2H3,(H,30,31,35)/t16-,17?,26?,27+/m1/s1. The molecule has 1 aromatic carbocycles. The van der Waals surface area contributed by atoms with Gasteiger partial charge in [0.2, 0.25) is 16.0 Å². The van der Waals surface area contributed by atoms with Crippen LogP contribution in [0.1, 0.15) is 42.6 Å². The zero-order valence-corrected chi connectivity index (χ0v) is 21.3. The lowest BCUT2D eigenvalue weighted by Gasteiger charge is -2.76. The van der Waals surface area contributed by atoms with E-state index in [1.807, 2.05) is 18.2 Å². The Bertz CT molecular complexity index is 1730. The van der Waals surface area contributed by atoms with Crippen molar-refractivity contribution in [3.8, 4) is 22.5 Å². The second kappa shape index (κ2) is 7.59. The van der Waals surface area contributed by atoms with Gasteiger partial charge in [0, 0.05) is 18.0 Å². The Morgan fingerprint density at radius 2 is 1.68 bits per heavy atom. The molecule has 3 aliphatic rings. The third-order valence-electron chi connectivity index (χ3n) is 8.71. The summed E-state index contributed by atoms with van der Waals surface area (Å²) in [5, 5.41) is 8.91. The number of hydrogen-bond acceptors (Lipinski definition) is 7. The van der Waals surface area contributed by atoms with Crippen LogP contribution in [0.5, 0.6) is 0 Å². The zero-order valence-electron chi connectivity index (χ0n) is 20.5. The maximum Gasteiger partial charge on any atom is 0.236 e. The first-order valence-electron chi connectivity index (χ1n) is 12.2. The number of benzene rings is 1. The van der Waals surface area contributed by atoms with Gasteiger partial charge in [0.15, 0.2) is 0 Å². The molecule has 8 nitrogen and oxygen atoms in total. The average Bonchev–Trinajstić information content (AvgIpc) is 2.88. The van der Waals surface area contributed by atoms with Crippen molar-refractivity contribution in [1.82, 2.24) is 25.1 Å². The fourth-order valence-corrected chi connectivity index (χ4v) is 7.37. The molecule has 2 unspecified atom stereocenters. The van der Waals surface area contributed by atoms with Gasteiger partial charge >= 0.3 is 0 Å². The molecule has 0 radical (unpaired) electrons. The van der Waals surface area contributed by atoms with Crippen LogP contribution < -0.4 is 4.72 Å². The maximum atomic E-state index is 14.5. The van der Waals surface area contributed by atoms with Gasteiger partial charge in [-0.3, -0.25) is 9.71 Å². The van der Waals surface area contributed by atoms with E-state index in [0.29, 0.717) is 17.2 Å². The largest absolute Gasteiger partial charge is 0.252 e. The van der Waals surface area contributed by atoms with Crippen LogP contribution >= 0.6 is 0 Å². The summed E-state index contributed by atoms with van der Waals surface area (Å²) in [6, 6.07) is 11.3. The molecule has 0 amide bonds. The summed E-state index contributed by atoms with van der Waals surface area (Å²) >= 11 is 0. The number of hydrogen-bond donors (Lipinski definition) is 1. The molecule has 3 aliphatic carbocycles. The van der Waals surface area contributed by atoms with Gasteiger partial charge in [0.1, 0.15) is 11.6 Å². The summed E-state index contributed by atoms with van der Waals surface area (Å²) in [7, 11) is -3.49. The topological polar surface area (TPSA) is 111 Å². The molecule has 11 heteroatoms. The number of nitrogens with one attached hydrogen (secondary N) is 1. The van der Waals surface area contributed by atoms with Crippen molar-refractivity contribution in [3.05, 3.63) is 83.4 Å². The molecule has 2 saturated carbocycles. The van der Waals surface area contributed by atoms with Gasteiger partial charge in [0.05, 0.1) is 40.0 Å². The van der Waals surface area contributed by atoms with Crippen LogP contribution in [0.4, 0.5) is 14.7 Å². The highest BCUT2D eigenvalue weighted by atomic mass is 32.2. The first-order chi connectivity index (χ1) is 18.1. The highest BCUT2D eigenvalue weighted by molar-refractivity contribution is 7.91. The number of anilines is 1. The lowest BCUT2D eigenvalue weighted by molar-refractivity contribution is -0.175. The number of nitrogens with zero attached hydrogens (tertiary/aromatic N) is 5. The smallest absolute Gasteiger partial charge is 0.236 e. The van der Waals surface area contributed by atoms with Crippen molar-refractivity contribution in [2.45, 2.75) is 31.1 Å². The van der Waals surface area contributed by atoms with Gasteiger partial charge in [-0.05, 0) is 66.0 Å². The molecule has 0 saturated heterocycles. The minimum atomic E-state index is -3.49. The van der Waals surface area contributed by atoms with Crippen molar-refractivity contribution >= 4 is 16.0 Å². The molecule has 3 heterocycles. The molecular formula is C27H22F2N6O2S. The van der Waals surface area contributed by atoms with E-state index in [1.54, 1.807) is 6.07 Å². The van der Waals surface area contributed by atoms with Crippen molar-refractivity contribution in [2.75, 3.05) is 11.0 Å². The van der Waals surface area contributed by atoms with Crippen LogP contribution in [0.2, 0.25) is 0 Å². The summed E-state index contributed by atoms with van der Waals surface area (Å²) < 4.78 is 54.2. The summed E-state index contributed by atoms with van der Waals surface area (Å²) in [6.07, 6.45) is 5.91. The van der Waals surface area contributed by atoms with Gasteiger partial charge in [0.25, 0.3) is 0 Å². The molecule has 1 N–H and O–H groups in total. The Kier molecular flexibility index (Phi) is 4.65. The first kappa shape index (κ1) is 23.3. The van der Waals surface area contributed by atoms with Gasteiger partial charge < -0.3 is 0 Å². The highest BCUT2D eigenvalue weighted by Gasteiger charge is 2.77. The van der Waals surface area contributed by atoms with Crippen LogP contribution in [-0.4, -0.2) is 39.8 Å². The Hall–Kier alpha value is -3.86. The number of aromatic nitrogens is 5. The molecule has 4 aromatic rings. The summed E-state index contributed by atoms with van der Waals surface area (Å²) in [4.78, 5) is 13.2. The quantitative estimate of drug-likeness (QED) is 0.404. The van der Waals surface area contributed by atoms with Gasteiger partial charge in [-0.2, -0.15) is 5.10 Å². The van der Waals surface area contributed by atoms with E-state index in [2.05, 4.69) is 31.8 Å². The third-order valence-corrected chi connectivity index (χ3v) is 9.26. The molecule has 3 aromatic heterocycles. The van der Waals surface area contributed by atoms with Gasteiger partial charge in [-0.1, -0.05) is 19.1 Å². The van der Waals surface area contributed by atoms with E-state index >= 15 is 0 Å². The fourth-order valence-electron chi connectivity index (χ4n) is 6.93. The second-order valence-electron chi connectivity index (χ2n) is 10.7. The molecule has 7 rings (SSSR count). The normalized spacial score (nSPS) is 26.6. The molecule has 2 fully saturated rings. The van der Waals surface area contributed by atoms with Crippen LogP contribution in [0, 0.1) is 23.0 Å². The molecule has 0 spiro atoms. The van der Waals surface area contributed by atoms with E-state index in [9.17, 15) is 17.2 Å². The summed E-state index contributed by atoms with van der Waals surface area (Å²) in [6.45, 7) is 2.26. The Morgan fingerprint density at radius 3 is 2.34 bits per heavy atom. The Morgan fingerprint density at radius 1 is 0.974 bits per heavy atom. The van der Waals surface area contributed by atoms with Crippen LogP contribution in [-0.2, 0) is 15.4 Å². The first-order valence-corrected chi connectivity index (χ1v) is 14.1. The molecule has 0 aliphatic heterocycles. The monoisotopic (exact) mass is 532 g/mol. The van der Waals surface area contributed by atoms with Crippen LogP contribution in [0.25, 0.3) is 22.5 Å². The van der Waals surface area contributed by atoms with E-state index in [4.69, 9.17) is 4.98 Å². The Labute approximate surface area is 217 Å². The zero-order chi connectivity index (χ0) is 26.4. The molecule has 4 atom stereocenters. The van der Waals surface area contributed by atoms with Crippen molar-refractivity contribution in [1.29, 1.82) is 0 Å². The maximum absolute atomic E-state index is 14.5. The van der Waals surface area contributed by atoms with Crippen molar-refractivity contribution in [3.63, 3.8) is 0 Å². The lowest BCUT2D eigenvalue weighted by Crippen LogP contribution is -2.73. The molecule has 4 bridgehead atoms. The van der Waals surface area contributed by atoms with Crippen LogP contribution in [0.15, 0.2) is 54.9 Å². The summed E-state index contributed by atoms with van der Waals surface area (Å²) in [5.74, 6) is -0.620. The second-order valence-corrected chi connectivity index (χ2v) is 12.4. The van der Waals surface area contributed by atoms with E-state index < -0.39 is 27.1 Å². The van der Waals surface area contributed by atoms with E-state index in [1.165, 1.54) is 30.6 Å².